The smallest absolute Gasteiger partial charge is 0.314 e. The lowest BCUT2D eigenvalue weighted by molar-refractivity contribution is -0.137. The van der Waals surface area contributed by atoms with Gasteiger partial charge in [-0.25, -0.2) is 4.79 Å². The first-order chi connectivity index (χ1) is 9.06. The summed E-state index contributed by atoms with van der Waals surface area (Å²) in [7, 11) is 0. The molecule has 0 saturated heterocycles. The number of carbonyl (C=O) groups excluding carboxylic acids is 1. The summed E-state index contributed by atoms with van der Waals surface area (Å²) in [5, 5.41) is 14.1. The van der Waals surface area contributed by atoms with E-state index in [0.717, 1.165) is 12.8 Å². The number of amides is 2. The van der Waals surface area contributed by atoms with Crippen molar-refractivity contribution in [3.8, 4) is 0 Å². The number of aliphatic carboxylic acids is 1. The second-order valence-corrected chi connectivity index (χ2v) is 5.00. The van der Waals surface area contributed by atoms with Crippen molar-refractivity contribution in [3.63, 3.8) is 0 Å². The molecule has 0 aliphatic heterocycles. The van der Waals surface area contributed by atoms with Gasteiger partial charge in [0.1, 0.15) is 0 Å². The predicted molar refractivity (Wildman–Crippen MR) is 76.2 cm³/mol. The topological polar surface area (TPSA) is 78.4 Å². The number of hydrogen-bond donors (Lipinski definition) is 3. The highest BCUT2D eigenvalue weighted by atomic mass is 16.4. The van der Waals surface area contributed by atoms with E-state index >= 15 is 0 Å². The Kier molecular flexibility index (Phi) is 11.0. The maximum absolute atomic E-state index is 11.5. The van der Waals surface area contributed by atoms with Gasteiger partial charge in [0.25, 0.3) is 0 Å². The molecule has 0 aromatic carbocycles. The first-order valence-corrected chi connectivity index (χ1v) is 7.32. The third-order valence-corrected chi connectivity index (χ3v) is 2.98. The molecule has 3 N–H and O–H groups in total. The van der Waals surface area contributed by atoms with Gasteiger partial charge in [0.2, 0.25) is 0 Å². The van der Waals surface area contributed by atoms with Gasteiger partial charge >= 0.3 is 12.0 Å². The molecule has 19 heavy (non-hydrogen) atoms. The summed E-state index contributed by atoms with van der Waals surface area (Å²) in [6, 6.07) is -0.313. The molecule has 0 saturated carbocycles. The highest BCUT2D eigenvalue weighted by molar-refractivity contribution is 5.74. The van der Waals surface area contributed by atoms with Crippen LogP contribution in [0, 0.1) is 0 Å². The standard InChI is InChI=1S/C14H28N2O3/c1-3-4-5-6-7-8-11-15-14(19)16-12(2)9-10-13(17)18/h12H,3-11H2,1-2H3,(H,17,18)(H2,15,16,19). The van der Waals surface area contributed by atoms with Crippen LogP contribution in [-0.4, -0.2) is 29.7 Å². The van der Waals surface area contributed by atoms with E-state index < -0.39 is 5.97 Å². The van der Waals surface area contributed by atoms with Gasteiger partial charge in [0.15, 0.2) is 0 Å². The number of carboxylic acid groups (broad SMARTS) is 1. The zero-order valence-electron chi connectivity index (χ0n) is 12.2. The molecule has 2 amide bonds. The lowest BCUT2D eigenvalue weighted by Gasteiger charge is -2.13. The Morgan fingerprint density at radius 3 is 2.37 bits per heavy atom. The van der Waals surface area contributed by atoms with Crippen LogP contribution in [0.5, 0.6) is 0 Å². The number of hydrogen-bond acceptors (Lipinski definition) is 2. The van der Waals surface area contributed by atoms with Crippen molar-refractivity contribution >= 4 is 12.0 Å². The first kappa shape index (κ1) is 17.7. The number of carboxylic acids is 1. The quantitative estimate of drug-likeness (QED) is 0.506. The lowest BCUT2D eigenvalue weighted by atomic mass is 10.1. The molecule has 112 valence electrons. The van der Waals surface area contributed by atoms with E-state index in [-0.39, 0.29) is 18.5 Å². The molecule has 0 bridgehead atoms. The van der Waals surface area contributed by atoms with E-state index in [9.17, 15) is 9.59 Å². The minimum absolute atomic E-state index is 0.0822. The molecular weight excluding hydrogens is 244 g/mol. The second kappa shape index (κ2) is 11.8. The predicted octanol–water partition coefficient (Wildman–Crippen LogP) is 2.90. The van der Waals surface area contributed by atoms with Crippen LogP contribution in [0.15, 0.2) is 0 Å². The monoisotopic (exact) mass is 272 g/mol. The SMILES string of the molecule is CCCCCCCCNC(=O)NC(C)CCC(=O)O. The van der Waals surface area contributed by atoms with Gasteiger partial charge in [-0.05, 0) is 19.8 Å². The van der Waals surface area contributed by atoms with Gasteiger partial charge in [-0.1, -0.05) is 39.0 Å². The summed E-state index contributed by atoms with van der Waals surface area (Å²) in [5.74, 6) is -0.832. The number of carbonyl (C=O) groups is 2. The first-order valence-electron chi connectivity index (χ1n) is 7.32. The molecule has 0 heterocycles. The van der Waals surface area contributed by atoms with E-state index in [2.05, 4.69) is 17.6 Å². The normalized spacial score (nSPS) is 11.9. The Morgan fingerprint density at radius 1 is 1.11 bits per heavy atom. The van der Waals surface area contributed by atoms with Crippen molar-refractivity contribution in [2.24, 2.45) is 0 Å². The third kappa shape index (κ3) is 13.0. The Balaban J connectivity index is 3.40. The van der Waals surface area contributed by atoms with Gasteiger partial charge in [-0.2, -0.15) is 0 Å². The molecule has 1 atom stereocenters. The zero-order chi connectivity index (χ0) is 14.5. The minimum Gasteiger partial charge on any atom is -0.481 e. The van der Waals surface area contributed by atoms with Crippen LogP contribution in [0.1, 0.15) is 65.2 Å². The van der Waals surface area contributed by atoms with Crippen LogP contribution in [0.4, 0.5) is 4.79 Å². The van der Waals surface area contributed by atoms with Crippen LogP contribution >= 0.6 is 0 Å². The van der Waals surface area contributed by atoms with E-state index in [1.807, 2.05) is 6.92 Å². The summed E-state index contributed by atoms with van der Waals surface area (Å²) in [6.07, 6.45) is 7.72. The molecule has 5 nitrogen and oxygen atoms in total. The molecule has 0 aromatic rings. The molecule has 0 aliphatic carbocycles. The molecular formula is C14H28N2O3. The lowest BCUT2D eigenvalue weighted by Crippen LogP contribution is -2.41. The van der Waals surface area contributed by atoms with E-state index in [1.165, 1.54) is 25.7 Å². The van der Waals surface area contributed by atoms with Crippen molar-refractivity contribution in [3.05, 3.63) is 0 Å². The van der Waals surface area contributed by atoms with Crippen molar-refractivity contribution in [1.82, 2.24) is 10.6 Å². The van der Waals surface area contributed by atoms with Crippen molar-refractivity contribution in [2.45, 2.75) is 71.3 Å². The van der Waals surface area contributed by atoms with Crippen LogP contribution in [0.25, 0.3) is 0 Å². The van der Waals surface area contributed by atoms with Crippen LogP contribution < -0.4 is 10.6 Å². The maximum atomic E-state index is 11.5. The third-order valence-electron chi connectivity index (χ3n) is 2.98. The maximum Gasteiger partial charge on any atom is 0.314 e. The van der Waals surface area contributed by atoms with Crippen molar-refractivity contribution in [2.75, 3.05) is 6.54 Å². The molecule has 5 heteroatoms. The summed E-state index contributed by atoms with van der Waals surface area (Å²) in [4.78, 5) is 21.8. The molecule has 0 fully saturated rings. The van der Waals surface area contributed by atoms with Gasteiger partial charge in [0, 0.05) is 19.0 Å². The summed E-state index contributed by atoms with van der Waals surface area (Å²) < 4.78 is 0. The zero-order valence-corrected chi connectivity index (χ0v) is 12.2. The molecule has 1 unspecified atom stereocenters. The highest BCUT2D eigenvalue weighted by Crippen LogP contribution is 2.04. The molecule has 0 aromatic heterocycles. The number of urea groups is 1. The molecule has 0 radical (unpaired) electrons. The minimum atomic E-state index is -0.832. The second-order valence-electron chi connectivity index (χ2n) is 5.00. The van der Waals surface area contributed by atoms with Crippen LogP contribution in [0.2, 0.25) is 0 Å². The van der Waals surface area contributed by atoms with E-state index in [4.69, 9.17) is 5.11 Å². The fourth-order valence-electron chi connectivity index (χ4n) is 1.79. The highest BCUT2D eigenvalue weighted by Gasteiger charge is 2.08. The van der Waals surface area contributed by atoms with E-state index in [1.54, 1.807) is 0 Å². The number of unbranched alkanes of at least 4 members (excludes halogenated alkanes) is 5. The van der Waals surface area contributed by atoms with Crippen molar-refractivity contribution < 1.29 is 14.7 Å². The largest absolute Gasteiger partial charge is 0.481 e. The van der Waals surface area contributed by atoms with Gasteiger partial charge in [-0.3, -0.25) is 4.79 Å². The Hall–Kier alpha value is -1.26. The van der Waals surface area contributed by atoms with Gasteiger partial charge < -0.3 is 15.7 Å². The van der Waals surface area contributed by atoms with Gasteiger partial charge in [-0.15, -0.1) is 0 Å². The molecule has 0 rings (SSSR count). The summed E-state index contributed by atoms with van der Waals surface area (Å²) in [5.41, 5.74) is 0. The fraction of sp³-hybridized carbons (Fsp3) is 0.857. The fourth-order valence-corrected chi connectivity index (χ4v) is 1.79. The van der Waals surface area contributed by atoms with E-state index in [0.29, 0.717) is 13.0 Å². The van der Waals surface area contributed by atoms with Crippen molar-refractivity contribution in [1.29, 1.82) is 0 Å². The molecule has 0 aliphatic rings. The Morgan fingerprint density at radius 2 is 1.74 bits per heavy atom. The van der Waals surface area contributed by atoms with Crippen LogP contribution in [0.3, 0.4) is 0 Å². The average molecular weight is 272 g/mol. The summed E-state index contributed by atoms with van der Waals surface area (Å²) in [6.45, 7) is 4.69. The number of rotatable bonds is 11. The van der Waals surface area contributed by atoms with Gasteiger partial charge in [0.05, 0.1) is 0 Å². The number of nitrogens with one attached hydrogen (secondary N) is 2. The Bertz CT molecular complexity index is 257. The Labute approximate surface area is 116 Å². The average Bonchev–Trinajstić information content (AvgIpc) is 2.35. The molecule has 0 spiro atoms. The van der Waals surface area contributed by atoms with Crippen LogP contribution in [-0.2, 0) is 4.79 Å². The summed E-state index contributed by atoms with van der Waals surface area (Å²) >= 11 is 0.